The van der Waals surface area contributed by atoms with Crippen LogP contribution in [-0.2, 0) is 5.41 Å². The van der Waals surface area contributed by atoms with Gasteiger partial charge in [-0.2, -0.15) is 0 Å². The summed E-state index contributed by atoms with van der Waals surface area (Å²) in [6, 6.07) is 76.8. The highest BCUT2D eigenvalue weighted by Crippen LogP contribution is 2.61. The summed E-state index contributed by atoms with van der Waals surface area (Å²) in [5, 5.41) is 4.97. The molecule has 5 nitrogen and oxygen atoms in total. The van der Waals surface area contributed by atoms with Crippen LogP contribution in [0.5, 0.6) is 0 Å². The summed E-state index contributed by atoms with van der Waals surface area (Å²) in [4.78, 5) is 17.8. The second-order valence-corrected chi connectivity index (χ2v) is 17.8. The Hall–Kier alpha value is -8.06. The Labute approximate surface area is 373 Å². The number of para-hydroxylation sites is 4. The van der Waals surface area contributed by atoms with E-state index in [0.717, 1.165) is 33.4 Å². The van der Waals surface area contributed by atoms with Gasteiger partial charge in [-0.05, 0) is 70.8 Å². The highest BCUT2D eigenvalue weighted by Gasteiger charge is 2.49. The fraction of sp³-hybridized carbons (Fsp3) is 0.0172. The Balaban J connectivity index is 1.05. The van der Waals surface area contributed by atoms with Crippen LogP contribution in [-0.4, -0.2) is 24.1 Å². The lowest BCUT2D eigenvalue weighted by atomic mass is 9.62. The largest absolute Gasteiger partial charge is 0.309 e. The van der Waals surface area contributed by atoms with Gasteiger partial charge in [-0.25, -0.2) is 15.0 Å². The molecule has 0 saturated heterocycles. The third-order valence-electron chi connectivity index (χ3n) is 13.4. The van der Waals surface area contributed by atoms with E-state index < -0.39 is 5.41 Å². The molecule has 64 heavy (non-hydrogen) atoms. The van der Waals surface area contributed by atoms with Gasteiger partial charge < -0.3 is 9.13 Å². The first kappa shape index (κ1) is 35.5. The first-order chi connectivity index (χ1) is 31.7. The summed E-state index contributed by atoms with van der Waals surface area (Å²) < 4.78 is 4.95. The predicted octanol–water partition coefficient (Wildman–Crippen LogP) is 14.2. The van der Waals surface area contributed by atoms with Crippen molar-refractivity contribution < 1.29 is 0 Å². The standard InChI is InChI=1S/C58H35N5S/c1-3-17-36(18-4-1)55-59-56(37-19-5-2-6-20-37)61-57(60-55)38-21-15-22-39(33-38)62-48-29-11-8-24-41(48)43-34-53-47(35-51(43)62)58(45-27-10-14-32-52(45)64-53)44-26-9-13-31-50(44)63-49-30-12-7-23-40(49)42-25-16-28-46(58)54(42)63/h1-35H. The molecule has 5 heterocycles. The van der Waals surface area contributed by atoms with Gasteiger partial charge in [-0.1, -0.05) is 176 Å². The van der Waals surface area contributed by atoms with Gasteiger partial charge in [0, 0.05) is 53.7 Å². The molecule has 1 spiro atoms. The Morgan fingerprint density at radius 1 is 0.344 bits per heavy atom. The van der Waals surface area contributed by atoms with E-state index in [0.29, 0.717) is 17.5 Å². The third-order valence-corrected chi connectivity index (χ3v) is 14.5. The van der Waals surface area contributed by atoms with Gasteiger partial charge in [0.1, 0.15) is 0 Å². The van der Waals surface area contributed by atoms with Gasteiger partial charge in [-0.15, -0.1) is 0 Å². The maximum absolute atomic E-state index is 5.12. The first-order valence-electron chi connectivity index (χ1n) is 21.7. The molecular weight excluding hydrogens is 799 g/mol. The van der Waals surface area contributed by atoms with E-state index >= 15 is 0 Å². The minimum absolute atomic E-state index is 0.596. The van der Waals surface area contributed by atoms with E-state index in [1.807, 2.05) is 48.2 Å². The average molecular weight is 834 g/mol. The van der Waals surface area contributed by atoms with E-state index in [4.69, 9.17) is 15.0 Å². The number of rotatable bonds is 4. The lowest BCUT2D eigenvalue weighted by Gasteiger charge is -2.45. The lowest BCUT2D eigenvalue weighted by molar-refractivity contribution is 0.690. The number of benzene rings is 9. The van der Waals surface area contributed by atoms with Crippen molar-refractivity contribution >= 4 is 55.4 Å². The molecule has 12 aromatic rings. The number of aromatic nitrogens is 5. The number of nitrogens with zero attached hydrogens (tertiary/aromatic N) is 5. The first-order valence-corrected chi connectivity index (χ1v) is 22.5. The lowest BCUT2D eigenvalue weighted by Crippen LogP contribution is -2.37. The molecule has 3 aromatic heterocycles. The normalized spacial score (nSPS) is 14.9. The zero-order chi connectivity index (χ0) is 41.9. The van der Waals surface area contributed by atoms with Gasteiger partial charge in [0.2, 0.25) is 0 Å². The summed E-state index contributed by atoms with van der Waals surface area (Å²) in [5.74, 6) is 1.91. The van der Waals surface area contributed by atoms with E-state index in [2.05, 4.69) is 185 Å². The van der Waals surface area contributed by atoms with Crippen LogP contribution in [0.4, 0.5) is 0 Å². The molecule has 0 radical (unpaired) electrons. The minimum atomic E-state index is -0.596. The third kappa shape index (κ3) is 4.88. The highest BCUT2D eigenvalue weighted by molar-refractivity contribution is 7.99. The van der Waals surface area contributed by atoms with Crippen LogP contribution in [0.2, 0.25) is 0 Å². The SMILES string of the molecule is c1ccc(-c2nc(-c3ccccc3)nc(-c3cccc(-n4c5ccccc5c5cc6c(cc54)C4(c5ccccc5S6)c5ccccc5-n5c6ccccc6c6cccc4c65)c3)n2)cc1. The fourth-order valence-electron chi connectivity index (χ4n) is 10.8. The molecule has 2 aliphatic rings. The predicted molar refractivity (Wildman–Crippen MR) is 261 cm³/mol. The molecule has 1 atom stereocenters. The second-order valence-electron chi connectivity index (χ2n) is 16.7. The van der Waals surface area contributed by atoms with Crippen molar-refractivity contribution in [1.29, 1.82) is 0 Å². The van der Waals surface area contributed by atoms with Crippen LogP contribution >= 0.6 is 11.8 Å². The van der Waals surface area contributed by atoms with E-state index in [1.165, 1.54) is 70.3 Å². The fourth-order valence-corrected chi connectivity index (χ4v) is 12.0. The summed E-state index contributed by atoms with van der Waals surface area (Å²) in [6.07, 6.45) is 0. The Morgan fingerprint density at radius 3 is 1.64 bits per heavy atom. The molecule has 14 rings (SSSR count). The maximum Gasteiger partial charge on any atom is 0.164 e. The minimum Gasteiger partial charge on any atom is -0.309 e. The van der Waals surface area contributed by atoms with Crippen LogP contribution in [0.3, 0.4) is 0 Å². The van der Waals surface area contributed by atoms with Crippen LogP contribution in [0, 0.1) is 0 Å². The average Bonchev–Trinajstić information content (AvgIpc) is 3.88. The molecule has 9 aromatic carbocycles. The molecule has 298 valence electrons. The second kappa shape index (κ2) is 13.5. The molecule has 0 fully saturated rings. The Bertz CT molecular complexity index is 3830. The van der Waals surface area contributed by atoms with Gasteiger partial charge in [0.05, 0.1) is 33.2 Å². The molecule has 6 heteroatoms. The monoisotopic (exact) mass is 833 g/mol. The van der Waals surface area contributed by atoms with Crippen molar-refractivity contribution in [1.82, 2.24) is 24.1 Å². The zero-order valence-electron chi connectivity index (χ0n) is 34.4. The molecular formula is C58H35N5S. The summed E-state index contributed by atoms with van der Waals surface area (Å²) in [6.45, 7) is 0. The Morgan fingerprint density at radius 2 is 0.891 bits per heavy atom. The van der Waals surface area contributed by atoms with Crippen LogP contribution < -0.4 is 0 Å². The van der Waals surface area contributed by atoms with Crippen LogP contribution in [0.15, 0.2) is 222 Å². The number of hydrogen-bond donors (Lipinski definition) is 0. The molecule has 0 N–H and O–H groups in total. The van der Waals surface area contributed by atoms with Crippen molar-refractivity contribution in [3.05, 3.63) is 235 Å². The van der Waals surface area contributed by atoms with Gasteiger partial charge in [0.15, 0.2) is 17.5 Å². The zero-order valence-corrected chi connectivity index (χ0v) is 35.2. The van der Waals surface area contributed by atoms with Crippen molar-refractivity contribution in [3.63, 3.8) is 0 Å². The van der Waals surface area contributed by atoms with Crippen LogP contribution in [0.1, 0.15) is 22.3 Å². The van der Waals surface area contributed by atoms with Crippen LogP contribution in [0.25, 0.3) is 89.2 Å². The van der Waals surface area contributed by atoms with E-state index in [1.54, 1.807) is 0 Å². The number of fused-ring (bicyclic) bond motifs is 14. The molecule has 0 aliphatic carbocycles. The number of hydrogen-bond acceptors (Lipinski definition) is 4. The van der Waals surface area contributed by atoms with Gasteiger partial charge in [0.25, 0.3) is 0 Å². The molecule has 0 saturated carbocycles. The smallest absolute Gasteiger partial charge is 0.164 e. The molecule has 0 bridgehead atoms. The van der Waals surface area contributed by atoms with Crippen molar-refractivity contribution in [2.75, 3.05) is 0 Å². The maximum atomic E-state index is 5.12. The molecule has 0 amide bonds. The van der Waals surface area contributed by atoms with Crippen molar-refractivity contribution in [2.24, 2.45) is 0 Å². The van der Waals surface area contributed by atoms with Crippen molar-refractivity contribution in [3.8, 4) is 45.5 Å². The molecule has 2 aliphatic heterocycles. The van der Waals surface area contributed by atoms with E-state index in [-0.39, 0.29) is 0 Å². The Kier molecular flexibility index (Phi) is 7.48. The quantitative estimate of drug-likeness (QED) is 0.177. The summed E-state index contributed by atoms with van der Waals surface area (Å²) in [5.41, 5.74) is 14.4. The van der Waals surface area contributed by atoms with E-state index in [9.17, 15) is 0 Å². The summed E-state index contributed by atoms with van der Waals surface area (Å²) >= 11 is 1.89. The van der Waals surface area contributed by atoms with Gasteiger partial charge >= 0.3 is 0 Å². The van der Waals surface area contributed by atoms with Crippen molar-refractivity contribution in [2.45, 2.75) is 15.2 Å². The summed E-state index contributed by atoms with van der Waals surface area (Å²) in [7, 11) is 0. The van der Waals surface area contributed by atoms with Gasteiger partial charge in [-0.3, -0.25) is 0 Å². The highest BCUT2D eigenvalue weighted by atomic mass is 32.2. The molecule has 1 unspecified atom stereocenters. The topological polar surface area (TPSA) is 48.5 Å².